The van der Waals surface area contributed by atoms with Gasteiger partial charge < -0.3 is 11.1 Å². The molecule has 0 heterocycles. The van der Waals surface area contributed by atoms with Gasteiger partial charge in [0.05, 0.1) is 5.69 Å². The van der Waals surface area contributed by atoms with Crippen LogP contribution in [-0.2, 0) is 0 Å². The number of amides is 1. The number of halogens is 3. The molecular formula is C15H13Br2FN2O. The quantitative estimate of drug-likeness (QED) is 0.692. The molecule has 0 aliphatic rings. The predicted octanol–water partition coefficient (Wildman–Crippen LogP) is 4.80. The molecule has 0 saturated carbocycles. The fourth-order valence-corrected chi connectivity index (χ4v) is 3.03. The first-order valence-corrected chi connectivity index (χ1v) is 7.72. The summed E-state index contributed by atoms with van der Waals surface area (Å²) in [7, 11) is 0. The van der Waals surface area contributed by atoms with Crippen molar-refractivity contribution in [2.45, 2.75) is 13.8 Å². The Balaban J connectivity index is 2.40. The number of rotatable bonds is 2. The lowest BCUT2D eigenvalue weighted by Crippen LogP contribution is -2.14. The van der Waals surface area contributed by atoms with Crippen LogP contribution in [0.2, 0.25) is 0 Å². The maximum atomic E-state index is 12.9. The molecule has 2 aromatic carbocycles. The van der Waals surface area contributed by atoms with E-state index in [1.54, 1.807) is 0 Å². The van der Waals surface area contributed by atoms with Gasteiger partial charge in [-0.15, -0.1) is 0 Å². The van der Waals surface area contributed by atoms with E-state index in [1.807, 2.05) is 13.8 Å². The monoisotopic (exact) mass is 414 g/mol. The van der Waals surface area contributed by atoms with Gasteiger partial charge in [-0.2, -0.15) is 0 Å². The third-order valence-electron chi connectivity index (χ3n) is 3.23. The SMILES string of the molecule is Cc1c(Br)c(N)c(Br)c(C)c1NC(=O)c1ccc(F)cc1. The van der Waals surface area contributed by atoms with Crippen molar-refractivity contribution in [3.8, 4) is 0 Å². The normalized spacial score (nSPS) is 10.5. The average Bonchev–Trinajstić information content (AvgIpc) is 2.48. The zero-order valence-corrected chi connectivity index (χ0v) is 14.6. The van der Waals surface area contributed by atoms with Gasteiger partial charge in [0.1, 0.15) is 5.82 Å². The third-order valence-corrected chi connectivity index (χ3v) is 5.27. The Hall–Kier alpha value is -1.40. The maximum absolute atomic E-state index is 12.9. The van der Waals surface area contributed by atoms with Crippen molar-refractivity contribution < 1.29 is 9.18 Å². The summed E-state index contributed by atoms with van der Waals surface area (Å²) in [5, 5.41) is 2.85. The number of nitrogen functional groups attached to an aromatic ring is 1. The van der Waals surface area contributed by atoms with Crippen LogP contribution in [-0.4, -0.2) is 5.91 Å². The van der Waals surface area contributed by atoms with Gasteiger partial charge in [-0.1, -0.05) is 0 Å². The first kappa shape index (κ1) is 16.0. The molecule has 0 aromatic heterocycles. The molecule has 0 atom stereocenters. The van der Waals surface area contributed by atoms with E-state index in [1.165, 1.54) is 24.3 Å². The van der Waals surface area contributed by atoms with Crippen LogP contribution >= 0.6 is 31.9 Å². The van der Waals surface area contributed by atoms with Gasteiger partial charge in [0, 0.05) is 20.2 Å². The van der Waals surface area contributed by atoms with Crippen molar-refractivity contribution in [1.82, 2.24) is 0 Å². The fraction of sp³-hybridized carbons (Fsp3) is 0.133. The van der Waals surface area contributed by atoms with Crippen molar-refractivity contribution in [2.24, 2.45) is 0 Å². The topological polar surface area (TPSA) is 55.1 Å². The summed E-state index contributed by atoms with van der Waals surface area (Å²) in [4.78, 5) is 12.2. The maximum Gasteiger partial charge on any atom is 0.255 e. The lowest BCUT2D eigenvalue weighted by Gasteiger charge is -2.17. The largest absolute Gasteiger partial charge is 0.397 e. The van der Waals surface area contributed by atoms with Crippen LogP contribution in [0.4, 0.5) is 15.8 Å². The molecule has 110 valence electrons. The van der Waals surface area contributed by atoms with Gasteiger partial charge in [0.15, 0.2) is 0 Å². The number of hydrogen-bond acceptors (Lipinski definition) is 2. The highest BCUT2D eigenvalue weighted by Crippen LogP contribution is 2.39. The number of carbonyl (C=O) groups is 1. The zero-order valence-electron chi connectivity index (χ0n) is 11.4. The second kappa shape index (κ2) is 6.15. The Morgan fingerprint density at radius 1 is 1.10 bits per heavy atom. The van der Waals surface area contributed by atoms with E-state index in [-0.39, 0.29) is 11.7 Å². The molecule has 3 N–H and O–H groups in total. The lowest BCUT2D eigenvalue weighted by molar-refractivity contribution is 0.102. The second-order valence-corrected chi connectivity index (χ2v) is 6.21. The lowest BCUT2D eigenvalue weighted by atomic mass is 10.1. The smallest absolute Gasteiger partial charge is 0.255 e. The van der Waals surface area contributed by atoms with E-state index < -0.39 is 0 Å². The molecule has 0 fully saturated rings. The third kappa shape index (κ3) is 3.11. The highest BCUT2D eigenvalue weighted by Gasteiger charge is 2.17. The molecular weight excluding hydrogens is 403 g/mol. The van der Waals surface area contributed by atoms with Gasteiger partial charge in [-0.3, -0.25) is 4.79 Å². The number of nitrogens with two attached hydrogens (primary N) is 1. The summed E-state index contributed by atoms with van der Waals surface area (Å²) in [6.45, 7) is 3.72. The molecule has 0 bridgehead atoms. The van der Waals surface area contributed by atoms with E-state index in [0.29, 0.717) is 16.9 Å². The summed E-state index contributed by atoms with van der Waals surface area (Å²) in [6.07, 6.45) is 0. The highest BCUT2D eigenvalue weighted by molar-refractivity contribution is 9.11. The minimum absolute atomic E-state index is 0.301. The Bertz CT molecular complexity index is 686. The molecule has 6 heteroatoms. The molecule has 0 unspecified atom stereocenters. The molecule has 2 aromatic rings. The van der Waals surface area contributed by atoms with Gasteiger partial charge in [-0.25, -0.2) is 4.39 Å². The minimum Gasteiger partial charge on any atom is -0.397 e. The van der Waals surface area contributed by atoms with Crippen molar-refractivity contribution >= 4 is 49.1 Å². The van der Waals surface area contributed by atoms with Crippen LogP contribution in [0.25, 0.3) is 0 Å². The van der Waals surface area contributed by atoms with E-state index in [4.69, 9.17) is 5.73 Å². The van der Waals surface area contributed by atoms with Crippen molar-refractivity contribution in [1.29, 1.82) is 0 Å². The van der Waals surface area contributed by atoms with E-state index in [9.17, 15) is 9.18 Å². The summed E-state index contributed by atoms with van der Waals surface area (Å²) in [6, 6.07) is 5.39. The first-order chi connectivity index (χ1) is 9.82. The summed E-state index contributed by atoms with van der Waals surface area (Å²) >= 11 is 6.83. The molecule has 0 saturated heterocycles. The average molecular weight is 416 g/mol. The minimum atomic E-state index is -0.378. The molecule has 0 spiro atoms. The molecule has 0 aliphatic carbocycles. The molecule has 2 rings (SSSR count). The fourth-order valence-electron chi connectivity index (χ4n) is 1.98. The number of nitrogens with one attached hydrogen (secondary N) is 1. The Labute approximate surface area is 139 Å². The van der Waals surface area contributed by atoms with E-state index in [0.717, 1.165) is 20.1 Å². The number of anilines is 2. The van der Waals surface area contributed by atoms with Crippen molar-refractivity contribution in [2.75, 3.05) is 11.1 Å². The summed E-state index contributed by atoms with van der Waals surface area (Å²) in [5.41, 5.74) is 9.29. The predicted molar refractivity (Wildman–Crippen MR) is 90.1 cm³/mol. The van der Waals surface area contributed by atoms with Crippen LogP contribution < -0.4 is 11.1 Å². The highest BCUT2D eigenvalue weighted by atomic mass is 79.9. The molecule has 21 heavy (non-hydrogen) atoms. The molecule has 3 nitrogen and oxygen atoms in total. The standard InChI is InChI=1S/C15H13Br2FN2O/c1-7-11(16)13(19)12(17)8(2)14(7)20-15(21)9-3-5-10(18)6-4-9/h3-6H,19H2,1-2H3,(H,20,21). The first-order valence-electron chi connectivity index (χ1n) is 6.13. The number of hydrogen-bond donors (Lipinski definition) is 2. The number of carbonyl (C=O) groups excluding carboxylic acids is 1. The molecule has 0 radical (unpaired) electrons. The van der Waals surface area contributed by atoms with Gasteiger partial charge >= 0.3 is 0 Å². The second-order valence-electron chi connectivity index (χ2n) is 4.63. The van der Waals surface area contributed by atoms with Crippen LogP contribution in [0.5, 0.6) is 0 Å². The van der Waals surface area contributed by atoms with Crippen LogP contribution in [0.3, 0.4) is 0 Å². The van der Waals surface area contributed by atoms with Gasteiger partial charge in [-0.05, 0) is 81.1 Å². The van der Waals surface area contributed by atoms with Gasteiger partial charge in [0.2, 0.25) is 0 Å². The summed E-state index contributed by atoms with van der Waals surface area (Å²) < 4.78 is 14.4. The Kier molecular flexibility index (Phi) is 4.68. The van der Waals surface area contributed by atoms with Crippen LogP contribution in [0.1, 0.15) is 21.5 Å². The van der Waals surface area contributed by atoms with Crippen molar-refractivity contribution in [3.05, 3.63) is 55.7 Å². The number of benzene rings is 2. The molecule has 0 aliphatic heterocycles. The summed E-state index contributed by atoms with van der Waals surface area (Å²) in [5.74, 6) is -0.679. The van der Waals surface area contributed by atoms with E-state index >= 15 is 0 Å². The van der Waals surface area contributed by atoms with Crippen molar-refractivity contribution in [3.63, 3.8) is 0 Å². The Morgan fingerprint density at radius 2 is 1.57 bits per heavy atom. The molecule has 1 amide bonds. The van der Waals surface area contributed by atoms with Crippen LogP contribution in [0, 0.1) is 19.7 Å². The van der Waals surface area contributed by atoms with Gasteiger partial charge in [0.25, 0.3) is 5.91 Å². The zero-order chi connectivity index (χ0) is 15.7. The van der Waals surface area contributed by atoms with E-state index in [2.05, 4.69) is 37.2 Å². The Morgan fingerprint density at radius 3 is 2.05 bits per heavy atom. The van der Waals surface area contributed by atoms with Crippen LogP contribution in [0.15, 0.2) is 33.2 Å².